The molecule has 2 aromatic rings. The van der Waals surface area contributed by atoms with E-state index in [0.717, 1.165) is 27.1 Å². The molecule has 2 rings (SSSR count). The fourth-order valence-electron chi connectivity index (χ4n) is 1.65. The molecule has 1 heterocycles. The molecule has 0 spiro atoms. The smallest absolute Gasteiger partial charge is 0.0743 e. The largest absolute Gasteiger partial charge is 0.326 e. The number of hydrogen-bond acceptors (Lipinski definition) is 2. The lowest BCUT2D eigenvalue weighted by molar-refractivity contribution is 0.832. The standard InChI is InChI=1S/C12H14BrN3/c1-8-12(13)9(2)16(15-8)11-5-3-10(7-14)4-6-11/h3-6H,7,14H2,1-2H3. The topological polar surface area (TPSA) is 43.8 Å². The molecule has 1 aromatic carbocycles. The van der Waals surface area contributed by atoms with Gasteiger partial charge in [-0.25, -0.2) is 4.68 Å². The molecule has 4 heteroatoms. The monoisotopic (exact) mass is 279 g/mol. The Morgan fingerprint density at radius 3 is 2.31 bits per heavy atom. The number of nitrogens with zero attached hydrogens (tertiary/aromatic N) is 2. The average Bonchev–Trinajstić information content (AvgIpc) is 2.57. The van der Waals surface area contributed by atoms with Crippen LogP contribution in [0.1, 0.15) is 17.0 Å². The van der Waals surface area contributed by atoms with Gasteiger partial charge in [0.1, 0.15) is 0 Å². The van der Waals surface area contributed by atoms with Crippen LogP contribution in [-0.4, -0.2) is 9.78 Å². The van der Waals surface area contributed by atoms with Gasteiger partial charge >= 0.3 is 0 Å². The summed E-state index contributed by atoms with van der Waals surface area (Å²) in [6.07, 6.45) is 0. The molecule has 0 radical (unpaired) electrons. The lowest BCUT2D eigenvalue weighted by Gasteiger charge is -2.05. The number of nitrogens with two attached hydrogens (primary N) is 1. The van der Waals surface area contributed by atoms with E-state index in [4.69, 9.17) is 5.73 Å². The van der Waals surface area contributed by atoms with Gasteiger partial charge in [0, 0.05) is 6.54 Å². The van der Waals surface area contributed by atoms with Crippen molar-refractivity contribution in [3.05, 3.63) is 45.7 Å². The summed E-state index contributed by atoms with van der Waals surface area (Å²) in [5.41, 5.74) is 9.86. The highest BCUT2D eigenvalue weighted by Crippen LogP contribution is 2.22. The first kappa shape index (κ1) is 11.4. The van der Waals surface area contributed by atoms with Crippen LogP contribution in [-0.2, 0) is 6.54 Å². The van der Waals surface area contributed by atoms with E-state index in [0.29, 0.717) is 6.54 Å². The Hall–Kier alpha value is -1.13. The molecule has 0 aliphatic rings. The molecule has 0 atom stereocenters. The van der Waals surface area contributed by atoms with Crippen LogP contribution in [0.5, 0.6) is 0 Å². The summed E-state index contributed by atoms with van der Waals surface area (Å²) in [4.78, 5) is 0. The lowest BCUT2D eigenvalue weighted by Crippen LogP contribution is -2.00. The van der Waals surface area contributed by atoms with Crippen LogP contribution in [0, 0.1) is 13.8 Å². The fraction of sp³-hybridized carbons (Fsp3) is 0.250. The Morgan fingerprint density at radius 2 is 1.88 bits per heavy atom. The van der Waals surface area contributed by atoms with Gasteiger partial charge in [-0.2, -0.15) is 5.10 Å². The van der Waals surface area contributed by atoms with Crippen LogP contribution < -0.4 is 5.73 Å². The maximum Gasteiger partial charge on any atom is 0.0743 e. The first-order valence-corrected chi connectivity index (χ1v) is 5.94. The molecule has 0 fully saturated rings. The van der Waals surface area contributed by atoms with Crippen LogP contribution in [0.4, 0.5) is 0 Å². The van der Waals surface area contributed by atoms with E-state index in [1.165, 1.54) is 0 Å². The van der Waals surface area contributed by atoms with Crippen LogP contribution in [0.2, 0.25) is 0 Å². The van der Waals surface area contributed by atoms with E-state index in [1.54, 1.807) is 0 Å². The Morgan fingerprint density at radius 1 is 1.25 bits per heavy atom. The van der Waals surface area contributed by atoms with Crippen molar-refractivity contribution in [2.45, 2.75) is 20.4 Å². The molecular weight excluding hydrogens is 266 g/mol. The Bertz CT molecular complexity index is 500. The van der Waals surface area contributed by atoms with E-state index in [1.807, 2.05) is 42.8 Å². The molecule has 0 aliphatic heterocycles. The zero-order chi connectivity index (χ0) is 11.7. The molecule has 0 amide bonds. The maximum atomic E-state index is 5.57. The molecule has 2 N–H and O–H groups in total. The van der Waals surface area contributed by atoms with Gasteiger partial charge in [-0.15, -0.1) is 0 Å². The fourth-order valence-corrected chi connectivity index (χ4v) is 1.90. The summed E-state index contributed by atoms with van der Waals surface area (Å²) in [5.74, 6) is 0. The van der Waals surface area contributed by atoms with Gasteiger partial charge in [-0.3, -0.25) is 0 Å². The highest BCUT2D eigenvalue weighted by molar-refractivity contribution is 9.10. The Labute approximate surface area is 103 Å². The predicted molar refractivity (Wildman–Crippen MR) is 68.6 cm³/mol. The molecule has 0 saturated carbocycles. The summed E-state index contributed by atoms with van der Waals surface area (Å²) >= 11 is 3.52. The molecular formula is C12H14BrN3. The van der Waals surface area contributed by atoms with Crippen molar-refractivity contribution < 1.29 is 0 Å². The van der Waals surface area contributed by atoms with Crippen LogP contribution >= 0.6 is 15.9 Å². The third-order valence-electron chi connectivity index (χ3n) is 2.62. The first-order chi connectivity index (χ1) is 7.63. The predicted octanol–water partition coefficient (Wildman–Crippen LogP) is 2.71. The quantitative estimate of drug-likeness (QED) is 0.919. The second kappa shape index (κ2) is 4.39. The van der Waals surface area contributed by atoms with E-state index in [9.17, 15) is 0 Å². The SMILES string of the molecule is Cc1nn(-c2ccc(CN)cc2)c(C)c1Br. The van der Waals surface area contributed by atoms with Gasteiger partial charge in [-0.05, 0) is 47.5 Å². The highest BCUT2D eigenvalue weighted by atomic mass is 79.9. The van der Waals surface area contributed by atoms with Gasteiger partial charge in [0.05, 0.1) is 21.5 Å². The van der Waals surface area contributed by atoms with Crippen molar-refractivity contribution in [3.63, 3.8) is 0 Å². The number of aryl methyl sites for hydroxylation is 1. The summed E-state index contributed by atoms with van der Waals surface area (Å²) in [7, 11) is 0. The zero-order valence-electron chi connectivity index (χ0n) is 9.37. The Kier molecular flexibility index (Phi) is 3.12. The van der Waals surface area contributed by atoms with Gasteiger partial charge in [0.25, 0.3) is 0 Å². The summed E-state index contributed by atoms with van der Waals surface area (Å²) in [6, 6.07) is 8.13. The van der Waals surface area contributed by atoms with Gasteiger partial charge in [0.15, 0.2) is 0 Å². The lowest BCUT2D eigenvalue weighted by atomic mass is 10.2. The van der Waals surface area contributed by atoms with Crippen LogP contribution in [0.25, 0.3) is 5.69 Å². The molecule has 0 unspecified atom stereocenters. The molecule has 0 saturated heterocycles. The van der Waals surface area contributed by atoms with Gasteiger partial charge < -0.3 is 5.73 Å². The molecule has 1 aromatic heterocycles. The second-order valence-corrected chi connectivity index (χ2v) is 4.56. The maximum absolute atomic E-state index is 5.57. The number of benzene rings is 1. The minimum Gasteiger partial charge on any atom is -0.326 e. The van der Waals surface area contributed by atoms with E-state index < -0.39 is 0 Å². The number of aromatic nitrogens is 2. The highest BCUT2D eigenvalue weighted by Gasteiger charge is 2.09. The van der Waals surface area contributed by atoms with Crippen molar-refractivity contribution >= 4 is 15.9 Å². The average molecular weight is 280 g/mol. The molecule has 84 valence electrons. The van der Waals surface area contributed by atoms with Crippen LogP contribution in [0.3, 0.4) is 0 Å². The minimum atomic E-state index is 0.571. The van der Waals surface area contributed by atoms with Gasteiger partial charge in [-0.1, -0.05) is 12.1 Å². The van der Waals surface area contributed by atoms with Crippen molar-refractivity contribution in [2.24, 2.45) is 5.73 Å². The van der Waals surface area contributed by atoms with Crippen molar-refractivity contribution in [2.75, 3.05) is 0 Å². The summed E-state index contributed by atoms with van der Waals surface area (Å²) in [5, 5.41) is 4.47. The normalized spacial score (nSPS) is 10.8. The van der Waals surface area contributed by atoms with Crippen molar-refractivity contribution in [1.29, 1.82) is 0 Å². The number of halogens is 1. The third kappa shape index (κ3) is 1.90. The molecule has 3 nitrogen and oxygen atoms in total. The minimum absolute atomic E-state index is 0.571. The van der Waals surface area contributed by atoms with E-state index in [-0.39, 0.29) is 0 Å². The van der Waals surface area contributed by atoms with E-state index >= 15 is 0 Å². The summed E-state index contributed by atoms with van der Waals surface area (Å²) < 4.78 is 3.00. The van der Waals surface area contributed by atoms with Crippen molar-refractivity contribution in [3.8, 4) is 5.69 Å². The molecule has 0 aliphatic carbocycles. The van der Waals surface area contributed by atoms with Crippen molar-refractivity contribution in [1.82, 2.24) is 9.78 Å². The molecule has 0 bridgehead atoms. The van der Waals surface area contributed by atoms with Crippen LogP contribution in [0.15, 0.2) is 28.7 Å². The third-order valence-corrected chi connectivity index (χ3v) is 3.77. The van der Waals surface area contributed by atoms with E-state index in [2.05, 4.69) is 21.0 Å². The molecule has 16 heavy (non-hydrogen) atoms. The Balaban J connectivity index is 2.46. The second-order valence-electron chi connectivity index (χ2n) is 3.77. The first-order valence-electron chi connectivity index (χ1n) is 5.14. The van der Waals surface area contributed by atoms with Gasteiger partial charge in [0.2, 0.25) is 0 Å². The number of hydrogen-bond donors (Lipinski definition) is 1. The number of rotatable bonds is 2. The summed E-state index contributed by atoms with van der Waals surface area (Å²) in [6.45, 7) is 4.60. The zero-order valence-corrected chi connectivity index (χ0v) is 11.0.